The summed E-state index contributed by atoms with van der Waals surface area (Å²) in [5, 5.41) is 4.05. The number of hydrogen-bond acceptors (Lipinski definition) is 5. The summed E-state index contributed by atoms with van der Waals surface area (Å²) in [4.78, 5) is 13.8. The second kappa shape index (κ2) is 8.64. The Labute approximate surface area is 159 Å². The van der Waals surface area contributed by atoms with Crippen LogP contribution in [0.4, 0.5) is 5.69 Å². The molecule has 1 aliphatic rings. The molecule has 2 N–H and O–H groups in total. The lowest BCUT2D eigenvalue weighted by Gasteiger charge is -2.33. The van der Waals surface area contributed by atoms with Crippen LogP contribution in [0.15, 0.2) is 47.4 Å². The Balaban J connectivity index is 1.44. The topological polar surface area (TPSA) is 96.3 Å². The standard InChI is InChI=1S/C18H25N5O3S/c1-22-18(24)11-17(14-19-22)23-9-7-16(8-10-23)13-21-27(25,26)20-12-15-5-3-2-4-6-15/h2-6,11,14,16,20-21H,7-10,12-13H2,1H3. The van der Waals surface area contributed by atoms with E-state index in [1.807, 2.05) is 30.3 Å². The second-order valence-corrected chi connectivity index (χ2v) is 8.35. The molecule has 1 saturated heterocycles. The molecule has 3 rings (SSSR count). The summed E-state index contributed by atoms with van der Waals surface area (Å²) in [6.45, 7) is 2.23. The minimum Gasteiger partial charge on any atom is -0.370 e. The van der Waals surface area contributed by atoms with Gasteiger partial charge in [-0.05, 0) is 24.3 Å². The van der Waals surface area contributed by atoms with Crippen molar-refractivity contribution in [2.24, 2.45) is 13.0 Å². The zero-order chi connectivity index (χ0) is 19.3. The number of aryl methyl sites for hydroxylation is 1. The van der Waals surface area contributed by atoms with E-state index in [9.17, 15) is 13.2 Å². The molecule has 0 bridgehead atoms. The van der Waals surface area contributed by atoms with Crippen molar-refractivity contribution in [1.82, 2.24) is 19.2 Å². The number of anilines is 1. The predicted octanol–water partition coefficient (Wildman–Crippen LogP) is 0.621. The van der Waals surface area contributed by atoms with Crippen molar-refractivity contribution < 1.29 is 8.42 Å². The van der Waals surface area contributed by atoms with Crippen LogP contribution in [0, 0.1) is 5.92 Å². The summed E-state index contributed by atoms with van der Waals surface area (Å²) in [5.74, 6) is 0.272. The van der Waals surface area contributed by atoms with Crippen LogP contribution >= 0.6 is 0 Å². The van der Waals surface area contributed by atoms with E-state index in [4.69, 9.17) is 0 Å². The molecule has 0 atom stereocenters. The Morgan fingerprint density at radius 3 is 2.52 bits per heavy atom. The summed E-state index contributed by atoms with van der Waals surface area (Å²) >= 11 is 0. The molecule has 2 heterocycles. The first-order valence-electron chi connectivity index (χ1n) is 8.99. The van der Waals surface area contributed by atoms with Gasteiger partial charge in [0.25, 0.3) is 15.8 Å². The molecule has 27 heavy (non-hydrogen) atoms. The number of aromatic nitrogens is 2. The van der Waals surface area contributed by atoms with Gasteiger partial charge in [0, 0.05) is 39.3 Å². The molecule has 146 valence electrons. The lowest BCUT2D eigenvalue weighted by molar-refractivity contribution is 0.400. The van der Waals surface area contributed by atoms with Crippen molar-refractivity contribution in [2.45, 2.75) is 19.4 Å². The highest BCUT2D eigenvalue weighted by atomic mass is 32.2. The first-order chi connectivity index (χ1) is 12.9. The normalized spacial score (nSPS) is 15.8. The summed E-state index contributed by atoms with van der Waals surface area (Å²) in [6, 6.07) is 11.0. The highest BCUT2D eigenvalue weighted by Crippen LogP contribution is 2.21. The van der Waals surface area contributed by atoms with Crippen molar-refractivity contribution in [3.05, 3.63) is 58.5 Å². The molecule has 8 nitrogen and oxygen atoms in total. The maximum atomic E-state index is 12.1. The van der Waals surface area contributed by atoms with Crippen LogP contribution in [-0.4, -0.2) is 37.8 Å². The second-order valence-electron chi connectivity index (χ2n) is 6.76. The third-order valence-electron chi connectivity index (χ3n) is 4.80. The van der Waals surface area contributed by atoms with Crippen LogP contribution in [0.3, 0.4) is 0 Å². The minimum atomic E-state index is -3.52. The third-order valence-corrected chi connectivity index (χ3v) is 5.88. The van der Waals surface area contributed by atoms with E-state index >= 15 is 0 Å². The lowest BCUT2D eigenvalue weighted by atomic mass is 9.97. The molecule has 1 aliphatic heterocycles. The zero-order valence-corrected chi connectivity index (χ0v) is 16.2. The molecule has 1 fully saturated rings. The third kappa shape index (κ3) is 5.62. The quantitative estimate of drug-likeness (QED) is 0.721. The highest BCUT2D eigenvalue weighted by Gasteiger charge is 2.21. The Bertz CT molecular complexity index is 906. The van der Waals surface area contributed by atoms with Crippen LogP contribution in [-0.2, 0) is 23.8 Å². The van der Waals surface area contributed by atoms with E-state index in [-0.39, 0.29) is 18.0 Å². The van der Waals surface area contributed by atoms with Crippen molar-refractivity contribution in [1.29, 1.82) is 0 Å². The van der Waals surface area contributed by atoms with Gasteiger partial charge in [-0.3, -0.25) is 4.79 Å². The zero-order valence-electron chi connectivity index (χ0n) is 15.3. The average Bonchev–Trinajstić information content (AvgIpc) is 2.68. The summed E-state index contributed by atoms with van der Waals surface area (Å²) in [7, 11) is -1.90. The van der Waals surface area contributed by atoms with Crippen LogP contribution in [0.2, 0.25) is 0 Å². The first kappa shape index (κ1) is 19.5. The monoisotopic (exact) mass is 391 g/mol. The summed E-state index contributed by atoms with van der Waals surface area (Å²) in [5.41, 5.74) is 1.60. The predicted molar refractivity (Wildman–Crippen MR) is 105 cm³/mol. The van der Waals surface area contributed by atoms with Gasteiger partial charge >= 0.3 is 0 Å². The summed E-state index contributed by atoms with van der Waals surface area (Å²) in [6.07, 6.45) is 3.41. The molecule has 0 saturated carbocycles. The van der Waals surface area contributed by atoms with Gasteiger partial charge in [-0.2, -0.15) is 18.2 Å². The SMILES string of the molecule is Cn1ncc(N2CCC(CNS(=O)(=O)NCc3ccccc3)CC2)cc1=O. The Hall–Kier alpha value is -2.23. The van der Waals surface area contributed by atoms with Crippen molar-refractivity contribution in [3.63, 3.8) is 0 Å². The van der Waals surface area contributed by atoms with Crippen LogP contribution < -0.4 is 19.9 Å². The average molecular weight is 391 g/mol. The minimum absolute atomic E-state index is 0.133. The number of nitrogens with one attached hydrogen (secondary N) is 2. The molecule has 0 aliphatic carbocycles. The molecule has 1 aromatic heterocycles. The highest BCUT2D eigenvalue weighted by molar-refractivity contribution is 7.87. The van der Waals surface area contributed by atoms with Crippen molar-refractivity contribution in [3.8, 4) is 0 Å². The Morgan fingerprint density at radius 2 is 1.85 bits per heavy atom. The molecule has 0 unspecified atom stereocenters. The number of benzene rings is 1. The van der Waals surface area contributed by atoms with Gasteiger partial charge < -0.3 is 4.90 Å². The number of hydrogen-bond donors (Lipinski definition) is 2. The van der Waals surface area contributed by atoms with Gasteiger partial charge in [0.05, 0.1) is 11.9 Å². The van der Waals surface area contributed by atoms with E-state index in [0.717, 1.165) is 37.2 Å². The van der Waals surface area contributed by atoms with Crippen molar-refractivity contribution in [2.75, 3.05) is 24.5 Å². The van der Waals surface area contributed by atoms with E-state index < -0.39 is 10.2 Å². The van der Waals surface area contributed by atoms with E-state index in [1.54, 1.807) is 19.3 Å². The molecule has 0 radical (unpaired) electrons. The van der Waals surface area contributed by atoms with Crippen LogP contribution in [0.25, 0.3) is 0 Å². The molecular weight excluding hydrogens is 366 g/mol. The van der Waals surface area contributed by atoms with Gasteiger partial charge in [-0.25, -0.2) is 9.40 Å². The maximum Gasteiger partial charge on any atom is 0.277 e. The number of rotatable bonds is 7. The van der Waals surface area contributed by atoms with Crippen LogP contribution in [0.5, 0.6) is 0 Å². The van der Waals surface area contributed by atoms with Gasteiger partial charge in [0.15, 0.2) is 0 Å². The van der Waals surface area contributed by atoms with Gasteiger partial charge in [0.2, 0.25) is 0 Å². The fourth-order valence-corrected chi connectivity index (χ4v) is 3.99. The van der Waals surface area contributed by atoms with E-state index in [1.165, 1.54) is 4.68 Å². The van der Waals surface area contributed by atoms with Crippen molar-refractivity contribution >= 4 is 15.9 Å². The largest absolute Gasteiger partial charge is 0.370 e. The maximum absolute atomic E-state index is 12.1. The smallest absolute Gasteiger partial charge is 0.277 e. The fourth-order valence-electron chi connectivity index (χ4n) is 3.08. The van der Waals surface area contributed by atoms with E-state index in [0.29, 0.717) is 6.54 Å². The molecule has 2 aromatic rings. The fraction of sp³-hybridized carbons (Fsp3) is 0.444. The molecule has 0 amide bonds. The molecule has 1 aromatic carbocycles. The number of nitrogens with zero attached hydrogens (tertiary/aromatic N) is 3. The van der Waals surface area contributed by atoms with Gasteiger partial charge in [-0.1, -0.05) is 30.3 Å². The summed E-state index contributed by atoms with van der Waals surface area (Å²) < 4.78 is 30.8. The Morgan fingerprint density at radius 1 is 1.15 bits per heavy atom. The molecule has 9 heteroatoms. The lowest BCUT2D eigenvalue weighted by Crippen LogP contribution is -2.42. The van der Waals surface area contributed by atoms with Gasteiger partial charge in [0.1, 0.15) is 0 Å². The molecule has 0 spiro atoms. The van der Waals surface area contributed by atoms with E-state index in [2.05, 4.69) is 19.4 Å². The Kier molecular flexibility index (Phi) is 6.25. The van der Waals surface area contributed by atoms with Crippen LogP contribution in [0.1, 0.15) is 18.4 Å². The number of piperidine rings is 1. The molecular formula is C18H25N5O3S. The van der Waals surface area contributed by atoms with Gasteiger partial charge in [-0.15, -0.1) is 0 Å². The first-order valence-corrected chi connectivity index (χ1v) is 10.5.